The first-order chi connectivity index (χ1) is 10.1. The Kier molecular flexibility index (Phi) is 3.10. The third kappa shape index (κ3) is 2.33. The standard InChI is InChI=1S/C16H13NO4/c1-9-3-5-12-11-6-4-10(17-16(19)20-2)8-13(11)15(18)21-14(12)7-9/h3-8H,1-2H3,(H,17,19). The number of anilines is 1. The van der Waals surface area contributed by atoms with Gasteiger partial charge in [-0.1, -0.05) is 18.2 Å². The van der Waals surface area contributed by atoms with Crippen molar-refractivity contribution in [3.63, 3.8) is 0 Å². The van der Waals surface area contributed by atoms with Crippen molar-refractivity contribution in [2.45, 2.75) is 6.92 Å². The molecule has 2 aromatic carbocycles. The summed E-state index contributed by atoms with van der Waals surface area (Å²) in [6.45, 7) is 1.94. The zero-order valence-electron chi connectivity index (χ0n) is 11.6. The molecule has 5 heteroatoms. The second kappa shape index (κ2) is 4.94. The van der Waals surface area contributed by atoms with Crippen LogP contribution in [0, 0.1) is 6.92 Å². The van der Waals surface area contributed by atoms with Gasteiger partial charge in [-0.05, 0) is 30.7 Å². The van der Waals surface area contributed by atoms with Crippen LogP contribution in [0.3, 0.4) is 0 Å². The number of benzene rings is 2. The van der Waals surface area contributed by atoms with Crippen LogP contribution in [-0.4, -0.2) is 13.2 Å². The van der Waals surface area contributed by atoms with Gasteiger partial charge in [0, 0.05) is 16.5 Å². The number of carbonyl (C=O) groups excluding carboxylic acids is 1. The Morgan fingerprint density at radius 2 is 1.86 bits per heavy atom. The highest BCUT2D eigenvalue weighted by molar-refractivity contribution is 6.05. The van der Waals surface area contributed by atoms with Crippen LogP contribution in [0.25, 0.3) is 21.7 Å². The fourth-order valence-corrected chi connectivity index (χ4v) is 2.29. The van der Waals surface area contributed by atoms with Gasteiger partial charge in [0.2, 0.25) is 0 Å². The molecule has 0 fully saturated rings. The summed E-state index contributed by atoms with van der Waals surface area (Å²) in [6.07, 6.45) is -0.588. The van der Waals surface area contributed by atoms with Crippen LogP contribution in [-0.2, 0) is 4.74 Å². The molecule has 1 aromatic heterocycles. The smallest absolute Gasteiger partial charge is 0.411 e. The summed E-state index contributed by atoms with van der Waals surface area (Å²) in [5.41, 5.74) is 1.62. The molecule has 1 heterocycles. The molecule has 5 nitrogen and oxygen atoms in total. The van der Waals surface area contributed by atoms with E-state index in [1.54, 1.807) is 18.2 Å². The van der Waals surface area contributed by atoms with Gasteiger partial charge in [-0.2, -0.15) is 0 Å². The molecule has 0 saturated heterocycles. The quantitative estimate of drug-likeness (QED) is 0.548. The minimum atomic E-state index is -0.588. The minimum absolute atomic E-state index is 0.417. The highest BCUT2D eigenvalue weighted by Gasteiger charge is 2.09. The number of rotatable bonds is 1. The maximum Gasteiger partial charge on any atom is 0.411 e. The highest BCUT2D eigenvalue weighted by Crippen LogP contribution is 2.25. The van der Waals surface area contributed by atoms with E-state index in [1.807, 2.05) is 25.1 Å². The first kappa shape index (κ1) is 13.2. The lowest BCUT2D eigenvalue weighted by Gasteiger charge is -2.07. The van der Waals surface area contributed by atoms with Gasteiger partial charge in [-0.3, -0.25) is 5.32 Å². The van der Waals surface area contributed by atoms with Crippen molar-refractivity contribution in [2.24, 2.45) is 0 Å². The number of hydrogen-bond acceptors (Lipinski definition) is 4. The van der Waals surface area contributed by atoms with Crippen LogP contribution in [0.5, 0.6) is 0 Å². The number of aryl methyl sites for hydroxylation is 1. The molecule has 1 amide bonds. The van der Waals surface area contributed by atoms with Gasteiger partial charge in [0.15, 0.2) is 0 Å². The van der Waals surface area contributed by atoms with E-state index in [4.69, 9.17) is 4.42 Å². The number of amides is 1. The molecule has 3 rings (SSSR count). The van der Waals surface area contributed by atoms with Crippen LogP contribution in [0.1, 0.15) is 5.56 Å². The average Bonchev–Trinajstić information content (AvgIpc) is 2.47. The van der Waals surface area contributed by atoms with Crippen molar-refractivity contribution in [1.82, 2.24) is 0 Å². The lowest BCUT2D eigenvalue weighted by Crippen LogP contribution is -2.11. The van der Waals surface area contributed by atoms with Crippen LogP contribution in [0.2, 0.25) is 0 Å². The van der Waals surface area contributed by atoms with Crippen LogP contribution in [0.4, 0.5) is 10.5 Å². The van der Waals surface area contributed by atoms with Crippen molar-refractivity contribution in [1.29, 1.82) is 0 Å². The molecular weight excluding hydrogens is 270 g/mol. The largest absolute Gasteiger partial charge is 0.453 e. The molecule has 21 heavy (non-hydrogen) atoms. The summed E-state index contributed by atoms with van der Waals surface area (Å²) in [4.78, 5) is 23.3. The molecule has 3 aromatic rings. The molecule has 0 saturated carbocycles. The average molecular weight is 283 g/mol. The van der Waals surface area contributed by atoms with E-state index in [1.165, 1.54) is 7.11 Å². The summed E-state index contributed by atoms with van der Waals surface area (Å²) >= 11 is 0. The van der Waals surface area contributed by atoms with Crippen molar-refractivity contribution >= 4 is 33.5 Å². The summed E-state index contributed by atoms with van der Waals surface area (Å²) in [5, 5.41) is 4.59. The number of fused-ring (bicyclic) bond motifs is 3. The molecule has 0 atom stereocenters. The maximum atomic E-state index is 12.1. The molecule has 1 N–H and O–H groups in total. The van der Waals surface area contributed by atoms with Gasteiger partial charge in [0.25, 0.3) is 0 Å². The summed E-state index contributed by atoms with van der Waals surface area (Å²) in [6, 6.07) is 10.8. The van der Waals surface area contributed by atoms with E-state index in [9.17, 15) is 9.59 Å². The lowest BCUT2D eigenvalue weighted by molar-refractivity contribution is 0.187. The van der Waals surface area contributed by atoms with E-state index < -0.39 is 11.7 Å². The van der Waals surface area contributed by atoms with Gasteiger partial charge >= 0.3 is 11.7 Å². The molecule has 106 valence electrons. The van der Waals surface area contributed by atoms with Crippen LogP contribution >= 0.6 is 0 Å². The van der Waals surface area contributed by atoms with Gasteiger partial charge < -0.3 is 9.15 Å². The highest BCUT2D eigenvalue weighted by atomic mass is 16.5. The predicted octanol–water partition coefficient (Wildman–Crippen LogP) is 3.43. The Bertz CT molecular complexity index is 911. The van der Waals surface area contributed by atoms with Gasteiger partial charge in [0.05, 0.1) is 12.5 Å². The topological polar surface area (TPSA) is 68.5 Å². The second-order valence-corrected chi connectivity index (χ2v) is 4.77. The third-order valence-electron chi connectivity index (χ3n) is 3.30. The van der Waals surface area contributed by atoms with E-state index in [0.717, 1.165) is 16.3 Å². The summed E-state index contributed by atoms with van der Waals surface area (Å²) in [5.74, 6) is 0. The van der Waals surface area contributed by atoms with Gasteiger partial charge in [-0.25, -0.2) is 9.59 Å². The fraction of sp³-hybridized carbons (Fsp3) is 0.125. The van der Waals surface area contributed by atoms with E-state index in [-0.39, 0.29) is 0 Å². The predicted molar refractivity (Wildman–Crippen MR) is 80.8 cm³/mol. The van der Waals surface area contributed by atoms with Gasteiger partial charge in [-0.15, -0.1) is 0 Å². The monoisotopic (exact) mass is 283 g/mol. The van der Waals surface area contributed by atoms with Crippen LogP contribution in [0.15, 0.2) is 45.6 Å². The van der Waals surface area contributed by atoms with Gasteiger partial charge in [0.1, 0.15) is 5.58 Å². The summed E-state index contributed by atoms with van der Waals surface area (Å²) in [7, 11) is 1.28. The normalized spacial score (nSPS) is 10.8. The molecule has 0 bridgehead atoms. The van der Waals surface area contributed by atoms with E-state index >= 15 is 0 Å². The number of ether oxygens (including phenoxy) is 1. The summed E-state index contributed by atoms with van der Waals surface area (Å²) < 4.78 is 9.87. The Morgan fingerprint density at radius 3 is 2.62 bits per heavy atom. The van der Waals surface area contributed by atoms with Crippen molar-refractivity contribution in [3.8, 4) is 0 Å². The Hall–Kier alpha value is -2.82. The first-order valence-corrected chi connectivity index (χ1v) is 6.40. The maximum absolute atomic E-state index is 12.1. The van der Waals surface area contributed by atoms with E-state index in [2.05, 4.69) is 10.1 Å². The molecular formula is C16H13NO4. The van der Waals surface area contributed by atoms with Crippen molar-refractivity contribution in [2.75, 3.05) is 12.4 Å². The first-order valence-electron chi connectivity index (χ1n) is 6.40. The van der Waals surface area contributed by atoms with Crippen molar-refractivity contribution in [3.05, 3.63) is 52.4 Å². The molecule has 0 spiro atoms. The Morgan fingerprint density at radius 1 is 1.10 bits per heavy atom. The third-order valence-corrected chi connectivity index (χ3v) is 3.30. The molecule has 0 unspecified atom stereocenters. The van der Waals surface area contributed by atoms with Crippen molar-refractivity contribution < 1.29 is 13.9 Å². The fourth-order valence-electron chi connectivity index (χ4n) is 2.29. The molecule has 0 aliphatic rings. The van der Waals surface area contributed by atoms with Crippen LogP contribution < -0.4 is 10.9 Å². The zero-order chi connectivity index (χ0) is 15.0. The number of carbonyl (C=O) groups is 1. The van der Waals surface area contributed by atoms with E-state index in [0.29, 0.717) is 16.7 Å². The Balaban J connectivity index is 2.25. The molecule has 0 aliphatic carbocycles. The molecule has 0 aliphatic heterocycles. The second-order valence-electron chi connectivity index (χ2n) is 4.77. The zero-order valence-corrected chi connectivity index (χ0v) is 11.6. The minimum Gasteiger partial charge on any atom is -0.453 e. The molecule has 0 radical (unpaired) electrons. The number of hydrogen-bond donors (Lipinski definition) is 1. The number of methoxy groups -OCH3 is 1. The Labute approximate surface area is 120 Å². The SMILES string of the molecule is COC(=O)Nc1ccc2c(c1)c(=O)oc1cc(C)ccc12. The number of nitrogens with one attached hydrogen (secondary N) is 1. The lowest BCUT2D eigenvalue weighted by atomic mass is 10.1.